The van der Waals surface area contributed by atoms with Crippen molar-refractivity contribution in [2.24, 2.45) is 5.92 Å². The summed E-state index contributed by atoms with van der Waals surface area (Å²) >= 11 is 0. The molecule has 2 aromatic carbocycles. The van der Waals surface area contributed by atoms with Crippen LogP contribution in [0.3, 0.4) is 0 Å². The molecule has 0 radical (unpaired) electrons. The fourth-order valence-corrected chi connectivity index (χ4v) is 9.49. The number of hydrogen-bond donors (Lipinski definition) is 3. The van der Waals surface area contributed by atoms with Gasteiger partial charge in [0.25, 0.3) is 0 Å². The number of ether oxygens (including phenoxy) is 2. The van der Waals surface area contributed by atoms with E-state index in [9.17, 15) is 35.6 Å². The van der Waals surface area contributed by atoms with Gasteiger partial charge >= 0.3 is 12.3 Å². The maximum absolute atomic E-state index is 14.4. The van der Waals surface area contributed by atoms with Gasteiger partial charge in [-0.2, -0.15) is 17.5 Å². The van der Waals surface area contributed by atoms with Crippen molar-refractivity contribution in [1.82, 2.24) is 14.9 Å². The minimum atomic E-state index is -4.77. The molecular formula is C34H44F4N4O6S. The number of methoxy groups -OCH3 is 1. The fraction of sp³-hybridized carbons (Fsp3) is 0.588. The smallest absolute Gasteiger partial charge is 0.416 e. The highest BCUT2D eigenvalue weighted by atomic mass is 32.2. The topological polar surface area (TPSA) is 126 Å². The monoisotopic (exact) mass is 712 g/mol. The molecule has 3 aliphatic heterocycles. The van der Waals surface area contributed by atoms with E-state index in [1.54, 1.807) is 0 Å². The number of alkyl halides is 3. The summed E-state index contributed by atoms with van der Waals surface area (Å²) in [6.45, 7) is 4.33. The van der Waals surface area contributed by atoms with Crippen molar-refractivity contribution in [3.8, 4) is 0 Å². The first-order chi connectivity index (χ1) is 23.2. The Balaban J connectivity index is 1.49. The van der Waals surface area contributed by atoms with E-state index in [2.05, 4.69) is 16.0 Å². The van der Waals surface area contributed by atoms with Crippen LogP contribution < -0.4 is 16.0 Å². The molecule has 7 unspecified atom stereocenters. The van der Waals surface area contributed by atoms with Crippen molar-refractivity contribution in [1.29, 1.82) is 0 Å². The number of fused-ring (bicyclic) bond motifs is 2. The first-order valence-electron chi connectivity index (χ1n) is 16.6. The number of alkyl carbamates (subject to hydrolysis) is 1. The minimum absolute atomic E-state index is 0.0131. The van der Waals surface area contributed by atoms with Gasteiger partial charge in [-0.1, -0.05) is 18.2 Å². The summed E-state index contributed by atoms with van der Waals surface area (Å²) in [5.41, 5.74) is -0.704. The molecule has 2 bridgehead atoms. The van der Waals surface area contributed by atoms with E-state index >= 15 is 0 Å². The molecule has 0 saturated carbocycles. The Kier molecular flexibility index (Phi) is 11.6. The summed E-state index contributed by atoms with van der Waals surface area (Å²) in [6.07, 6.45) is -3.97. The van der Waals surface area contributed by atoms with Crippen molar-refractivity contribution >= 4 is 27.7 Å². The summed E-state index contributed by atoms with van der Waals surface area (Å²) in [4.78, 5) is 26.9. The molecule has 3 aliphatic rings. The van der Waals surface area contributed by atoms with E-state index in [4.69, 9.17) is 9.47 Å². The highest BCUT2D eigenvalue weighted by molar-refractivity contribution is 7.89. The normalized spacial score (nSPS) is 28.1. The lowest BCUT2D eigenvalue weighted by Crippen LogP contribution is -2.57. The molecule has 15 heteroatoms. The molecule has 270 valence electrons. The minimum Gasteiger partial charge on any atom is -0.453 e. The van der Waals surface area contributed by atoms with Crippen molar-refractivity contribution in [2.75, 3.05) is 31.3 Å². The lowest BCUT2D eigenvalue weighted by molar-refractivity contribution is -0.138. The molecule has 0 aromatic heterocycles. The third-order valence-corrected chi connectivity index (χ3v) is 11.8. The lowest BCUT2D eigenvalue weighted by Gasteiger charge is -2.40. The Morgan fingerprint density at radius 3 is 2.45 bits per heavy atom. The predicted molar refractivity (Wildman–Crippen MR) is 175 cm³/mol. The second-order valence-electron chi connectivity index (χ2n) is 13.3. The highest BCUT2D eigenvalue weighted by Crippen LogP contribution is 2.40. The van der Waals surface area contributed by atoms with Crippen LogP contribution in [-0.4, -0.2) is 81.0 Å². The number of nitrogens with zero attached hydrogens (tertiary/aromatic N) is 1. The van der Waals surface area contributed by atoms with Gasteiger partial charge in [-0.05, 0) is 93.7 Å². The quantitative estimate of drug-likeness (QED) is 0.306. The molecule has 7 atom stereocenters. The molecule has 3 saturated heterocycles. The zero-order valence-electron chi connectivity index (χ0n) is 27.8. The van der Waals surface area contributed by atoms with Crippen molar-refractivity contribution < 1.29 is 45.0 Å². The van der Waals surface area contributed by atoms with E-state index in [1.807, 2.05) is 13.8 Å². The van der Waals surface area contributed by atoms with Crippen LogP contribution in [0.25, 0.3) is 0 Å². The summed E-state index contributed by atoms with van der Waals surface area (Å²) in [5.74, 6) is -2.27. The Bertz CT molecular complexity index is 1580. The summed E-state index contributed by atoms with van der Waals surface area (Å²) in [7, 11) is -2.45. The largest absolute Gasteiger partial charge is 0.453 e. The number of halogens is 4. The number of sulfonamides is 1. The SMILES string of the molecule is COC(=O)NC(C(=O)Nc1cccc(C(F)(F)F)c1CCC1CNC2CCCS(=O)(=O)N1C2)C(c1ccc(F)cc1)C1CC(C)OC(C)C1. The molecule has 3 fully saturated rings. The van der Waals surface area contributed by atoms with Crippen LogP contribution in [0.1, 0.15) is 68.6 Å². The average molecular weight is 713 g/mol. The van der Waals surface area contributed by atoms with Gasteiger partial charge < -0.3 is 25.4 Å². The number of nitrogens with one attached hydrogen (secondary N) is 3. The average Bonchev–Trinajstić information content (AvgIpc) is 3.15. The third-order valence-electron chi connectivity index (χ3n) is 9.83. The molecular weight excluding hydrogens is 668 g/mol. The number of benzene rings is 2. The summed E-state index contributed by atoms with van der Waals surface area (Å²) in [6, 6.07) is 7.12. The Hall–Kier alpha value is -3.27. The fourth-order valence-electron chi connectivity index (χ4n) is 7.68. The maximum Gasteiger partial charge on any atom is 0.416 e. The Morgan fingerprint density at radius 2 is 1.80 bits per heavy atom. The van der Waals surface area contributed by atoms with Crippen molar-refractivity contribution in [3.63, 3.8) is 0 Å². The number of hydrogen-bond acceptors (Lipinski definition) is 7. The van der Waals surface area contributed by atoms with Gasteiger partial charge in [-0.25, -0.2) is 17.6 Å². The Morgan fingerprint density at radius 1 is 1.10 bits per heavy atom. The van der Waals surface area contributed by atoms with Gasteiger partial charge in [0.1, 0.15) is 11.9 Å². The van der Waals surface area contributed by atoms with Crippen LogP contribution >= 0.6 is 0 Å². The Labute approximate surface area is 284 Å². The van der Waals surface area contributed by atoms with E-state index in [0.29, 0.717) is 37.8 Å². The van der Waals surface area contributed by atoms with Crippen LogP contribution in [0, 0.1) is 11.7 Å². The lowest BCUT2D eigenvalue weighted by atomic mass is 9.74. The van der Waals surface area contributed by atoms with Gasteiger partial charge in [0.2, 0.25) is 15.9 Å². The van der Waals surface area contributed by atoms with E-state index < -0.39 is 57.6 Å². The standard InChI is InChI=1S/C34H44F4N4O6S/c1-20-16-23(17-21(2)48-20)30(22-9-11-24(35)12-10-22)31(41-33(44)47-3)32(43)40-29-8-4-7-28(34(36,37)38)27(29)14-13-26-18-39-25-6-5-15-49(45,46)42(26)19-25/h4,7-12,20-21,23,25-26,30-31,39H,5-6,13-19H2,1-3H3,(H,40,43)(H,41,44). The van der Waals surface area contributed by atoms with Gasteiger partial charge in [0.05, 0.1) is 30.6 Å². The number of amides is 2. The van der Waals surface area contributed by atoms with Crippen molar-refractivity contribution in [3.05, 3.63) is 65.0 Å². The highest BCUT2D eigenvalue weighted by Gasteiger charge is 2.42. The second-order valence-corrected chi connectivity index (χ2v) is 15.4. The predicted octanol–water partition coefficient (Wildman–Crippen LogP) is 5.19. The van der Waals surface area contributed by atoms with Crippen molar-refractivity contribution in [2.45, 2.75) is 94.8 Å². The van der Waals surface area contributed by atoms with E-state index in [0.717, 1.165) is 13.2 Å². The van der Waals surface area contributed by atoms with E-state index in [-0.39, 0.29) is 60.6 Å². The van der Waals surface area contributed by atoms with Crippen LogP contribution in [-0.2, 0) is 36.9 Å². The van der Waals surface area contributed by atoms with Crippen LogP contribution in [0.2, 0.25) is 0 Å². The molecule has 10 nitrogen and oxygen atoms in total. The van der Waals surface area contributed by atoms with Gasteiger partial charge in [-0.3, -0.25) is 4.79 Å². The van der Waals surface area contributed by atoms with Gasteiger partial charge in [-0.15, -0.1) is 0 Å². The summed E-state index contributed by atoms with van der Waals surface area (Å²) in [5, 5.41) is 8.60. The molecule has 2 amide bonds. The molecule has 2 aromatic rings. The first-order valence-corrected chi connectivity index (χ1v) is 18.3. The molecule has 49 heavy (non-hydrogen) atoms. The van der Waals surface area contributed by atoms with Crippen LogP contribution in [0.5, 0.6) is 0 Å². The molecule has 0 aliphatic carbocycles. The first kappa shape index (κ1) is 37.0. The molecule has 3 heterocycles. The van der Waals surface area contributed by atoms with Gasteiger partial charge in [0.15, 0.2) is 0 Å². The van der Waals surface area contributed by atoms with Crippen LogP contribution in [0.15, 0.2) is 42.5 Å². The second kappa shape index (κ2) is 15.3. The maximum atomic E-state index is 14.4. The number of carbonyl (C=O) groups is 2. The number of rotatable bonds is 9. The number of carbonyl (C=O) groups excluding carboxylic acids is 2. The third kappa shape index (κ3) is 8.91. The van der Waals surface area contributed by atoms with E-state index in [1.165, 1.54) is 40.7 Å². The van der Waals surface area contributed by atoms with Crippen LogP contribution in [0.4, 0.5) is 28.0 Å². The zero-order valence-corrected chi connectivity index (χ0v) is 28.6. The molecule has 3 N–H and O–H groups in total. The molecule has 5 rings (SSSR count). The van der Waals surface area contributed by atoms with Gasteiger partial charge in [0, 0.05) is 36.8 Å². The molecule has 0 spiro atoms. The number of piperazine rings is 1. The summed E-state index contributed by atoms with van der Waals surface area (Å²) < 4.78 is 95.6. The zero-order chi connectivity index (χ0) is 35.5. The number of anilines is 1.